The molecule has 128 valence electrons. The van der Waals surface area contributed by atoms with Gasteiger partial charge in [-0.3, -0.25) is 4.90 Å². The molecule has 0 spiro atoms. The third-order valence-electron chi connectivity index (χ3n) is 4.66. The predicted molar refractivity (Wildman–Crippen MR) is 96.4 cm³/mol. The van der Waals surface area contributed by atoms with Crippen LogP contribution < -0.4 is 5.32 Å². The summed E-state index contributed by atoms with van der Waals surface area (Å²) in [6, 6.07) is 10.8. The van der Waals surface area contributed by atoms with Crippen LogP contribution in [0, 0.1) is 17.2 Å². The molecular formula is C17H25Cl2N3O. The first kappa shape index (κ1) is 20.2. The standard InChI is InChI=1S/C17H23N3O.2ClH/c18-13-15-3-1-2-4-16(15)17(14-5-11-21-12-6-14)20-9-7-19-8-10-20;;/h1-4,14,17,19H,5-12H2;2*1H/t17-;;/m0../s1. The molecule has 0 radical (unpaired) electrons. The van der Waals surface area contributed by atoms with Gasteiger partial charge in [-0.25, -0.2) is 0 Å². The number of benzene rings is 1. The normalized spacial score (nSPS) is 20.7. The lowest BCUT2D eigenvalue weighted by atomic mass is 9.84. The second-order valence-electron chi connectivity index (χ2n) is 5.88. The van der Waals surface area contributed by atoms with Crippen LogP contribution in [0.2, 0.25) is 0 Å². The van der Waals surface area contributed by atoms with Crippen LogP contribution in [-0.2, 0) is 4.74 Å². The van der Waals surface area contributed by atoms with E-state index in [1.165, 1.54) is 5.56 Å². The van der Waals surface area contributed by atoms with E-state index in [2.05, 4.69) is 28.4 Å². The highest BCUT2D eigenvalue weighted by molar-refractivity contribution is 5.85. The van der Waals surface area contributed by atoms with Gasteiger partial charge in [0.25, 0.3) is 0 Å². The Morgan fingerprint density at radius 2 is 1.78 bits per heavy atom. The molecule has 23 heavy (non-hydrogen) atoms. The summed E-state index contributed by atoms with van der Waals surface area (Å²) in [4.78, 5) is 2.56. The van der Waals surface area contributed by atoms with Crippen LogP contribution in [0.5, 0.6) is 0 Å². The Hall–Kier alpha value is -0.830. The zero-order valence-electron chi connectivity index (χ0n) is 13.2. The number of piperazine rings is 1. The van der Waals surface area contributed by atoms with Crippen LogP contribution in [0.1, 0.15) is 30.0 Å². The molecule has 2 saturated heterocycles. The van der Waals surface area contributed by atoms with Crippen molar-refractivity contribution in [3.05, 3.63) is 35.4 Å². The molecule has 2 fully saturated rings. The highest BCUT2D eigenvalue weighted by atomic mass is 35.5. The summed E-state index contributed by atoms with van der Waals surface area (Å²) >= 11 is 0. The first-order valence-electron chi connectivity index (χ1n) is 7.91. The van der Waals surface area contributed by atoms with Crippen molar-refractivity contribution < 1.29 is 4.74 Å². The fourth-order valence-electron chi connectivity index (χ4n) is 3.60. The molecule has 6 heteroatoms. The first-order valence-corrected chi connectivity index (χ1v) is 7.91. The smallest absolute Gasteiger partial charge is 0.0995 e. The maximum Gasteiger partial charge on any atom is 0.0995 e. The van der Waals surface area contributed by atoms with E-state index in [9.17, 15) is 5.26 Å². The van der Waals surface area contributed by atoms with E-state index in [1.807, 2.05) is 12.1 Å². The third-order valence-corrected chi connectivity index (χ3v) is 4.66. The summed E-state index contributed by atoms with van der Waals surface area (Å²) in [7, 11) is 0. The number of ether oxygens (including phenoxy) is 1. The first-order chi connectivity index (χ1) is 10.4. The Labute approximate surface area is 151 Å². The maximum absolute atomic E-state index is 9.46. The molecule has 0 aliphatic carbocycles. The summed E-state index contributed by atoms with van der Waals surface area (Å²) in [6.07, 6.45) is 2.18. The van der Waals surface area contributed by atoms with Gasteiger partial charge in [0, 0.05) is 45.4 Å². The molecule has 1 N–H and O–H groups in total. The Bertz CT molecular complexity index is 491. The highest BCUT2D eigenvalue weighted by Crippen LogP contribution is 2.36. The lowest BCUT2D eigenvalue weighted by Gasteiger charge is -2.41. The van der Waals surface area contributed by atoms with E-state index < -0.39 is 0 Å². The topological polar surface area (TPSA) is 48.3 Å². The van der Waals surface area contributed by atoms with Gasteiger partial charge in [-0.05, 0) is 30.4 Å². The molecule has 2 aliphatic heterocycles. The van der Waals surface area contributed by atoms with E-state index in [0.717, 1.165) is 57.8 Å². The SMILES string of the molecule is Cl.Cl.N#Cc1ccccc1[C@H](C1CCOCC1)N1CCNCC1. The number of rotatable bonds is 3. The molecular weight excluding hydrogens is 333 g/mol. The van der Waals surface area contributed by atoms with Crippen molar-refractivity contribution in [2.24, 2.45) is 5.92 Å². The Morgan fingerprint density at radius 1 is 1.13 bits per heavy atom. The van der Waals surface area contributed by atoms with Gasteiger partial charge >= 0.3 is 0 Å². The van der Waals surface area contributed by atoms with Crippen LogP contribution in [0.15, 0.2) is 24.3 Å². The molecule has 2 heterocycles. The summed E-state index contributed by atoms with van der Waals surface area (Å²) < 4.78 is 5.53. The van der Waals surface area contributed by atoms with Gasteiger partial charge in [0.05, 0.1) is 11.6 Å². The van der Waals surface area contributed by atoms with Gasteiger partial charge in [0.2, 0.25) is 0 Å². The molecule has 0 aromatic heterocycles. The lowest BCUT2D eigenvalue weighted by Crippen LogP contribution is -2.47. The number of nitrogens with zero attached hydrogens (tertiary/aromatic N) is 2. The Balaban J connectivity index is 0.00000132. The van der Waals surface area contributed by atoms with E-state index >= 15 is 0 Å². The second kappa shape index (κ2) is 10.1. The average molecular weight is 358 g/mol. The summed E-state index contributed by atoms with van der Waals surface area (Å²) in [5.41, 5.74) is 2.03. The van der Waals surface area contributed by atoms with Gasteiger partial charge in [0.15, 0.2) is 0 Å². The van der Waals surface area contributed by atoms with Crippen molar-refractivity contribution >= 4 is 24.8 Å². The molecule has 3 rings (SSSR count). The van der Waals surface area contributed by atoms with Gasteiger partial charge in [-0.15, -0.1) is 24.8 Å². The van der Waals surface area contributed by atoms with Gasteiger partial charge < -0.3 is 10.1 Å². The van der Waals surface area contributed by atoms with Gasteiger partial charge in [-0.2, -0.15) is 5.26 Å². The average Bonchev–Trinajstić information content (AvgIpc) is 2.58. The minimum absolute atomic E-state index is 0. The molecule has 0 bridgehead atoms. The van der Waals surface area contributed by atoms with Crippen LogP contribution in [0.3, 0.4) is 0 Å². The fourth-order valence-corrected chi connectivity index (χ4v) is 3.60. The maximum atomic E-state index is 9.46. The molecule has 1 aromatic carbocycles. The monoisotopic (exact) mass is 357 g/mol. The van der Waals surface area contributed by atoms with Gasteiger partial charge in [0.1, 0.15) is 0 Å². The van der Waals surface area contributed by atoms with Crippen molar-refractivity contribution in [3.63, 3.8) is 0 Å². The van der Waals surface area contributed by atoms with Crippen molar-refractivity contribution in [3.8, 4) is 6.07 Å². The van der Waals surface area contributed by atoms with Crippen molar-refractivity contribution in [2.45, 2.75) is 18.9 Å². The summed E-state index contributed by atoms with van der Waals surface area (Å²) in [5, 5.41) is 12.9. The molecule has 2 aliphatic rings. The van der Waals surface area contributed by atoms with E-state index in [4.69, 9.17) is 4.74 Å². The minimum Gasteiger partial charge on any atom is -0.381 e. The van der Waals surface area contributed by atoms with E-state index in [1.54, 1.807) is 0 Å². The van der Waals surface area contributed by atoms with E-state index in [0.29, 0.717) is 12.0 Å². The van der Waals surface area contributed by atoms with Crippen LogP contribution in [-0.4, -0.2) is 44.3 Å². The highest BCUT2D eigenvalue weighted by Gasteiger charge is 2.32. The van der Waals surface area contributed by atoms with Crippen molar-refractivity contribution in [2.75, 3.05) is 39.4 Å². The predicted octanol–water partition coefficient (Wildman–Crippen LogP) is 2.77. The Morgan fingerprint density at radius 3 is 2.43 bits per heavy atom. The zero-order valence-corrected chi connectivity index (χ0v) is 14.9. The largest absolute Gasteiger partial charge is 0.381 e. The minimum atomic E-state index is 0. The van der Waals surface area contributed by atoms with Crippen LogP contribution >= 0.6 is 24.8 Å². The molecule has 1 atom stereocenters. The number of hydrogen-bond acceptors (Lipinski definition) is 4. The molecule has 4 nitrogen and oxygen atoms in total. The molecule has 0 unspecified atom stereocenters. The van der Waals surface area contributed by atoms with Crippen LogP contribution in [0.25, 0.3) is 0 Å². The van der Waals surface area contributed by atoms with Crippen LogP contribution in [0.4, 0.5) is 0 Å². The molecule has 0 saturated carbocycles. The summed E-state index contributed by atoms with van der Waals surface area (Å²) in [5.74, 6) is 0.589. The van der Waals surface area contributed by atoms with Crippen molar-refractivity contribution in [1.29, 1.82) is 5.26 Å². The molecule has 0 amide bonds. The number of halogens is 2. The Kier molecular flexibility index (Phi) is 8.90. The zero-order chi connectivity index (χ0) is 14.5. The fraction of sp³-hybridized carbons (Fsp3) is 0.588. The lowest BCUT2D eigenvalue weighted by molar-refractivity contribution is 0.0212. The number of hydrogen-bond donors (Lipinski definition) is 1. The quantitative estimate of drug-likeness (QED) is 0.903. The number of nitriles is 1. The van der Waals surface area contributed by atoms with Gasteiger partial charge in [-0.1, -0.05) is 18.2 Å². The third kappa shape index (κ3) is 4.82. The second-order valence-corrected chi connectivity index (χ2v) is 5.88. The van der Waals surface area contributed by atoms with Crippen molar-refractivity contribution in [1.82, 2.24) is 10.2 Å². The number of nitrogens with one attached hydrogen (secondary N) is 1. The summed E-state index contributed by atoms with van der Waals surface area (Å²) in [6.45, 7) is 5.89. The molecule has 1 aromatic rings. The van der Waals surface area contributed by atoms with E-state index in [-0.39, 0.29) is 24.8 Å².